The van der Waals surface area contributed by atoms with Gasteiger partial charge in [-0.2, -0.15) is 13.2 Å². The van der Waals surface area contributed by atoms with E-state index in [1.165, 1.54) is 0 Å². The molecule has 1 saturated carbocycles. The van der Waals surface area contributed by atoms with Crippen molar-refractivity contribution in [1.82, 2.24) is 5.32 Å². The zero-order valence-corrected chi connectivity index (χ0v) is 18.9. The summed E-state index contributed by atoms with van der Waals surface area (Å²) in [6.45, 7) is 6.81. The molecule has 3 rings (SSSR count). The smallest absolute Gasteiger partial charge is 0.401 e. The van der Waals surface area contributed by atoms with Crippen molar-refractivity contribution in [2.24, 2.45) is 5.41 Å². The van der Waals surface area contributed by atoms with Gasteiger partial charge in [-0.3, -0.25) is 4.79 Å². The molecule has 1 aromatic carbocycles. The number of hydrogen-bond acceptors (Lipinski definition) is 4. The van der Waals surface area contributed by atoms with E-state index in [1.54, 1.807) is 52.0 Å². The van der Waals surface area contributed by atoms with Gasteiger partial charge in [0.25, 0.3) is 5.91 Å². The van der Waals surface area contributed by atoms with Crippen LogP contribution in [-0.4, -0.2) is 42.0 Å². The van der Waals surface area contributed by atoms with E-state index in [-0.39, 0.29) is 6.61 Å². The van der Waals surface area contributed by atoms with E-state index in [2.05, 4.69) is 5.32 Å². The third kappa shape index (κ3) is 4.63. The maximum atomic E-state index is 15.0. The maximum Gasteiger partial charge on any atom is 0.401 e. The second-order valence-electron chi connectivity index (χ2n) is 8.94. The third-order valence-electron chi connectivity index (χ3n) is 5.91. The Hall–Kier alpha value is -2.84. The fourth-order valence-electron chi connectivity index (χ4n) is 4.02. The predicted octanol–water partition coefficient (Wildman–Crippen LogP) is 4.61. The average molecular weight is 469 g/mol. The Bertz CT molecular complexity index is 983. The quantitative estimate of drug-likeness (QED) is 0.446. The Morgan fingerprint density at radius 3 is 2.39 bits per heavy atom. The molecule has 0 heterocycles. The van der Waals surface area contributed by atoms with Crippen molar-refractivity contribution in [3.05, 3.63) is 53.6 Å². The Morgan fingerprint density at radius 2 is 1.82 bits per heavy atom. The van der Waals surface area contributed by atoms with Gasteiger partial charge in [-0.1, -0.05) is 30.4 Å². The highest BCUT2D eigenvalue weighted by molar-refractivity contribution is 5.98. The van der Waals surface area contributed by atoms with Crippen LogP contribution in [-0.2, 0) is 20.7 Å². The van der Waals surface area contributed by atoms with Crippen LogP contribution in [0, 0.1) is 5.41 Å². The first-order chi connectivity index (χ1) is 15.3. The molecular weight excluding hydrogens is 442 g/mol. The molecular formula is C24H27F4NO4. The van der Waals surface area contributed by atoms with Gasteiger partial charge in [0.05, 0.1) is 12.2 Å². The van der Waals surface area contributed by atoms with Crippen LogP contribution in [0.2, 0.25) is 0 Å². The summed E-state index contributed by atoms with van der Waals surface area (Å²) in [6, 6.07) is 6.35. The minimum absolute atomic E-state index is 0.238. The van der Waals surface area contributed by atoms with Crippen molar-refractivity contribution in [3.63, 3.8) is 0 Å². The van der Waals surface area contributed by atoms with E-state index in [0.717, 1.165) is 23.8 Å². The van der Waals surface area contributed by atoms with Crippen LogP contribution >= 0.6 is 0 Å². The lowest BCUT2D eigenvalue weighted by atomic mass is 9.90. The third-order valence-corrected chi connectivity index (χ3v) is 5.91. The van der Waals surface area contributed by atoms with Crippen molar-refractivity contribution in [2.45, 2.75) is 64.0 Å². The normalized spacial score (nSPS) is 24.9. The minimum atomic E-state index is -4.77. The number of carbonyl (C=O) groups is 2. The Morgan fingerprint density at radius 1 is 1.18 bits per heavy atom. The molecule has 0 radical (unpaired) electrons. The molecule has 2 aliphatic carbocycles. The summed E-state index contributed by atoms with van der Waals surface area (Å²) < 4.78 is 65.7. The number of amides is 1. The lowest BCUT2D eigenvalue weighted by molar-refractivity contribution is -0.182. The molecule has 3 unspecified atom stereocenters. The van der Waals surface area contributed by atoms with E-state index in [9.17, 15) is 22.8 Å². The molecule has 0 spiro atoms. The van der Waals surface area contributed by atoms with Gasteiger partial charge in [-0.25, -0.2) is 9.18 Å². The summed E-state index contributed by atoms with van der Waals surface area (Å²) >= 11 is 0. The number of benzene rings is 1. The maximum absolute atomic E-state index is 15.0. The van der Waals surface area contributed by atoms with E-state index in [0.29, 0.717) is 12.2 Å². The summed E-state index contributed by atoms with van der Waals surface area (Å²) in [5, 5.41) is 2.59. The minimum Gasteiger partial charge on any atom is -0.476 e. The first kappa shape index (κ1) is 24.8. The number of halogens is 4. The van der Waals surface area contributed by atoms with Gasteiger partial charge in [-0.15, -0.1) is 0 Å². The fourth-order valence-corrected chi connectivity index (χ4v) is 4.02. The van der Waals surface area contributed by atoms with Gasteiger partial charge in [0.1, 0.15) is 11.2 Å². The van der Waals surface area contributed by atoms with Crippen LogP contribution in [0.1, 0.15) is 39.7 Å². The number of esters is 1. The number of nitrogens with one attached hydrogen (secondary N) is 1. The number of fused-ring (bicyclic) bond motifs is 1. The van der Waals surface area contributed by atoms with E-state index >= 15 is 4.39 Å². The highest BCUT2D eigenvalue weighted by atomic mass is 19.4. The SMILES string of the molecule is CCOC(=O)C(C)(C)Oc1ccc(CC(C)NC(=O)C2=CC=CC3(C(F)(F)F)CC23F)cc1. The van der Waals surface area contributed by atoms with Crippen molar-refractivity contribution in [1.29, 1.82) is 0 Å². The second-order valence-corrected chi connectivity index (χ2v) is 8.94. The molecule has 2 aliphatic rings. The molecule has 0 aromatic heterocycles. The lowest BCUT2D eigenvalue weighted by Gasteiger charge is -2.25. The number of alkyl halides is 4. The van der Waals surface area contributed by atoms with E-state index < -0.39 is 52.8 Å². The Balaban J connectivity index is 1.59. The molecule has 9 heteroatoms. The van der Waals surface area contributed by atoms with Gasteiger partial charge < -0.3 is 14.8 Å². The largest absolute Gasteiger partial charge is 0.476 e. The average Bonchev–Trinajstić information content (AvgIpc) is 3.37. The van der Waals surface area contributed by atoms with Gasteiger partial charge in [0.15, 0.2) is 11.3 Å². The number of allylic oxidation sites excluding steroid dienone is 3. The molecule has 1 aromatic rings. The summed E-state index contributed by atoms with van der Waals surface area (Å²) in [7, 11) is 0. The molecule has 180 valence electrons. The summed E-state index contributed by atoms with van der Waals surface area (Å²) in [4.78, 5) is 24.5. The fraction of sp³-hybridized carbons (Fsp3) is 0.500. The lowest BCUT2D eigenvalue weighted by Crippen LogP contribution is -2.41. The van der Waals surface area contributed by atoms with Crippen LogP contribution in [0.25, 0.3) is 0 Å². The van der Waals surface area contributed by atoms with Crippen molar-refractivity contribution >= 4 is 11.9 Å². The molecule has 0 saturated heterocycles. The predicted molar refractivity (Wildman–Crippen MR) is 113 cm³/mol. The number of carbonyl (C=O) groups excluding carboxylic acids is 2. The molecule has 5 nitrogen and oxygen atoms in total. The van der Waals surface area contributed by atoms with Crippen molar-refractivity contribution in [3.8, 4) is 5.75 Å². The van der Waals surface area contributed by atoms with Crippen LogP contribution in [0.15, 0.2) is 48.1 Å². The molecule has 33 heavy (non-hydrogen) atoms. The second kappa shape index (κ2) is 8.50. The number of ether oxygens (including phenoxy) is 2. The first-order valence-corrected chi connectivity index (χ1v) is 10.7. The van der Waals surface area contributed by atoms with E-state index in [1.807, 2.05) is 0 Å². The monoisotopic (exact) mass is 469 g/mol. The Labute approximate surface area is 189 Å². The van der Waals surface area contributed by atoms with Crippen LogP contribution in [0.4, 0.5) is 17.6 Å². The summed E-state index contributed by atoms with van der Waals surface area (Å²) in [5.74, 6) is -0.894. The molecule has 3 atom stereocenters. The van der Waals surface area contributed by atoms with Gasteiger partial charge >= 0.3 is 12.1 Å². The van der Waals surface area contributed by atoms with Gasteiger partial charge in [-0.05, 0) is 51.8 Å². The van der Waals surface area contributed by atoms with Gasteiger partial charge in [0, 0.05) is 12.5 Å². The number of rotatable bonds is 8. The molecule has 0 bridgehead atoms. The zero-order chi connectivity index (χ0) is 24.7. The molecule has 1 N–H and O–H groups in total. The summed E-state index contributed by atoms with van der Waals surface area (Å²) in [6.07, 6.45) is -2.20. The summed E-state index contributed by atoms with van der Waals surface area (Å²) in [5.41, 5.74) is -6.20. The molecule has 0 aliphatic heterocycles. The topological polar surface area (TPSA) is 64.6 Å². The van der Waals surface area contributed by atoms with Gasteiger partial charge in [0.2, 0.25) is 0 Å². The van der Waals surface area contributed by atoms with Crippen LogP contribution in [0.3, 0.4) is 0 Å². The van der Waals surface area contributed by atoms with Crippen LogP contribution in [0.5, 0.6) is 5.75 Å². The number of hydrogen-bond donors (Lipinski definition) is 1. The van der Waals surface area contributed by atoms with E-state index in [4.69, 9.17) is 9.47 Å². The Kier molecular flexibility index (Phi) is 6.39. The zero-order valence-electron chi connectivity index (χ0n) is 18.9. The standard InChI is InChI=1S/C24H27F4NO4/c1-5-32-20(31)21(3,4)33-17-10-8-16(9-11-17)13-15(2)29-19(30)18-7-6-12-22(24(26,27)28)14-23(18,22)25/h6-12,15H,5,13-14H2,1-4H3,(H,29,30). The first-order valence-electron chi connectivity index (χ1n) is 10.7. The van der Waals surface area contributed by atoms with Crippen LogP contribution < -0.4 is 10.1 Å². The molecule has 1 fully saturated rings. The highest BCUT2D eigenvalue weighted by Gasteiger charge is 2.82. The molecule has 1 amide bonds. The highest BCUT2D eigenvalue weighted by Crippen LogP contribution is 2.72. The van der Waals surface area contributed by atoms with Crippen molar-refractivity contribution < 1.29 is 36.6 Å². The van der Waals surface area contributed by atoms with Crippen molar-refractivity contribution in [2.75, 3.05) is 6.61 Å².